The summed E-state index contributed by atoms with van der Waals surface area (Å²) in [5.41, 5.74) is 0. The van der Waals surface area contributed by atoms with Gasteiger partial charge in [-0.3, -0.25) is 0 Å². The number of rotatable bonds is 10. The van der Waals surface area contributed by atoms with E-state index in [1.54, 1.807) is 24.2 Å². The molecule has 1 nitrogen and oxygen atoms in total. The van der Waals surface area contributed by atoms with Crippen molar-refractivity contribution in [2.24, 2.45) is 0 Å². The largest absolute Gasteiger partial charge is 0.380 e. The Hall–Kier alpha value is 0.828. The maximum atomic E-state index is 3.28. The molecule has 0 spiro atoms. The summed E-state index contributed by atoms with van der Waals surface area (Å²) in [6.07, 6.45) is 2.88. The van der Waals surface area contributed by atoms with Gasteiger partial charge in [-0.15, -0.1) is 0 Å². The van der Waals surface area contributed by atoms with Gasteiger partial charge in [0.25, 0.3) is 0 Å². The first kappa shape index (κ1) is 16.8. The van der Waals surface area contributed by atoms with Gasteiger partial charge in [-0.1, -0.05) is 59.2 Å². The third-order valence-electron chi connectivity index (χ3n) is 3.61. The quantitative estimate of drug-likeness (QED) is 0.555. The second kappa shape index (κ2) is 10.9. The fraction of sp³-hybridized carbons (Fsp3) is 1.00. The Balaban J connectivity index is 4.50. The molecule has 0 aliphatic heterocycles. The van der Waals surface area contributed by atoms with E-state index >= 15 is 0 Å². The summed E-state index contributed by atoms with van der Waals surface area (Å²) < 4.78 is 3.28. The molecule has 0 heterocycles. The van der Waals surface area contributed by atoms with Crippen LogP contribution in [0.5, 0.6) is 0 Å². The minimum atomic E-state index is -0.461. The Morgan fingerprint density at radius 3 is 1.56 bits per heavy atom. The summed E-state index contributed by atoms with van der Waals surface area (Å²) in [4.78, 5) is 0. The van der Waals surface area contributed by atoms with Crippen LogP contribution in [0.3, 0.4) is 0 Å². The summed E-state index contributed by atoms with van der Waals surface area (Å²) in [7, 11) is -0.286. The van der Waals surface area contributed by atoms with Gasteiger partial charge in [0.2, 0.25) is 0 Å². The monoisotopic (exact) mass is 291 g/mol. The average Bonchev–Trinajstić information content (AvgIpc) is 2.31. The molecule has 0 saturated carbocycles. The van der Waals surface area contributed by atoms with Crippen molar-refractivity contribution < 1.29 is 0 Å². The standard InChI is InChI=1S/C11H33NSi4/c1-6-10-15(8-3)12(14-13-5)16(9-4)11-7-2/h15-16H,6-11,13-14H2,1-5H3. The maximum absolute atomic E-state index is 3.28. The van der Waals surface area contributed by atoms with Crippen molar-refractivity contribution in [1.82, 2.24) is 3.90 Å². The molecule has 5 heteroatoms. The molecule has 2 atom stereocenters. The molecule has 16 heavy (non-hydrogen) atoms. The molecule has 2 unspecified atom stereocenters. The number of hydrogen-bond donors (Lipinski definition) is 0. The van der Waals surface area contributed by atoms with Gasteiger partial charge in [0.05, 0.1) is 27.1 Å². The highest BCUT2D eigenvalue weighted by Gasteiger charge is 2.24. The van der Waals surface area contributed by atoms with E-state index in [0.717, 1.165) is 0 Å². The lowest BCUT2D eigenvalue weighted by atomic mass is 10.6. The summed E-state index contributed by atoms with van der Waals surface area (Å²) in [6, 6.07) is 6.29. The highest BCUT2D eigenvalue weighted by atomic mass is 29.2. The van der Waals surface area contributed by atoms with Crippen LogP contribution in [0.2, 0.25) is 30.7 Å². The lowest BCUT2D eigenvalue weighted by Gasteiger charge is -2.36. The van der Waals surface area contributed by atoms with Crippen molar-refractivity contribution in [1.29, 1.82) is 0 Å². The molecular weight excluding hydrogens is 258 g/mol. The van der Waals surface area contributed by atoms with Crippen LogP contribution in [0, 0.1) is 0 Å². The average molecular weight is 292 g/mol. The second-order valence-corrected chi connectivity index (χ2v) is 20.2. The molecule has 0 aromatic carbocycles. The van der Waals surface area contributed by atoms with Crippen LogP contribution in [0.15, 0.2) is 0 Å². The van der Waals surface area contributed by atoms with Crippen LogP contribution in [0.1, 0.15) is 40.5 Å². The van der Waals surface area contributed by atoms with Gasteiger partial charge in [0.1, 0.15) is 0 Å². The molecule has 0 saturated heterocycles. The van der Waals surface area contributed by atoms with Crippen molar-refractivity contribution in [3.8, 4) is 0 Å². The normalized spacial score (nSPS) is 16.9. The van der Waals surface area contributed by atoms with E-state index in [2.05, 4.69) is 38.1 Å². The van der Waals surface area contributed by atoms with Crippen LogP contribution >= 0.6 is 0 Å². The van der Waals surface area contributed by atoms with E-state index in [4.69, 9.17) is 0 Å². The molecule has 98 valence electrons. The second-order valence-electron chi connectivity index (χ2n) is 4.94. The molecule has 0 radical (unpaired) electrons. The Kier molecular flexibility index (Phi) is 11.5. The molecule has 0 amide bonds. The summed E-state index contributed by atoms with van der Waals surface area (Å²) in [5.74, 6) is 0. The summed E-state index contributed by atoms with van der Waals surface area (Å²) in [6.45, 7) is 12.3. The van der Waals surface area contributed by atoms with Crippen LogP contribution in [-0.4, -0.2) is 40.0 Å². The van der Waals surface area contributed by atoms with E-state index in [-0.39, 0.29) is 9.20 Å². The first-order valence-electron chi connectivity index (χ1n) is 7.50. The topological polar surface area (TPSA) is 3.24 Å². The Morgan fingerprint density at radius 1 is 0.875 bits per heavy atom. The van der Waals surface area contributed by atoms with Gasteiger partial charge in [0, 0.05) is 9.04 Å². The van der Waals surface area contributed by atoms with Crippen LogP contribution in [0.4, 0.5) is 0 Å². The van der Waals surface area contributed by atoms with Crippen molar-refractivity contribution in [3.63, 3.8) is 0 Å². The maximum Gasteiger partial charge on any atom is 0.0969 e. The summed E-state index contributed by atoms with van der Waals surface area (Å²) >= 11 is 0. The van der Waals surface area contributed by atoms with Gasteiger partial charge in [-0.05, 0) is 12.1 Å². The minimum absolute atomic E-state index is 0.274. The predicted octanol–water partition coefficient (Wildman–Crippen LogP) is 1.81. The van der Waals surface area contributed by atoms with E-state index in [1.165, 1.54) is 12.8 Å². The molecule has 0 N–H and O–H groups in total. The van der Waals surface area contributed by atoms with E-state index < -0.39 is 17.9 Å². The predicted molar refractivity (Wildman–Crippen MR) is 90.2 cm³/mol. The molecule has 0 aromatic heterocycles. The van der Waals surface area contributed by atoms with E-state index in [1.807, 2.05) is 0 Å². The molecule has 0 aromatic rings. The van der Waals surface area contributed by atoms with Crippen LogP contribution in [0.25, 0.3) is 0 Å². The first-order chi connectivity index (χ1) is 7.74. The number of nitrogens with zero attached hydrogens (tertiary/aromatic N) is 1. The molecule has 0 fully saturated rings. The smallest absolute Gasteiger partial charge is 0.0969 e. The molecular formula is C11H33NSi4. The van der Waals surface area contributed by atoms with Gasteiger partial charge >= 0.3 is 0 Å². The van der Waals surface area contributed by atoms with Crippen LogP contribution in [-0.2, 0) is 0 Å². The lowest BCUT2D eigenvalue weighted by Crippen LogP contribution is -2.52. The Morgan fingerprint density at radius 2 is 1.31 bits per heavy atom. The van der Waals surface area contributed by atoms with Crippen molar-refractivity contribution in [2.75, 3.05) is 0 Å². The van der Waals surface area contributed by atoms with Crippen molar-refractivity contribution in [3.05, 3.63) is 0 Å². The van der Waals surface area contributed by atoms with Gasteiger partial charge in [0.15, 0.2) is 0 Å². The third kappa shape index (κ3) is 5.95. The zero-order valence-corrected chi connectivity index (χ0v) is 17.4. The first-order valence-corrected chi connectivity index (χ1v) is 17.8. The molecule has 0 aliphatic rings. The lowest BCUT2D eigenvalue weighted by molar-refractivity contribution is 0.895. The number of hydrogen-bond acceptors (Lipinski definition) is 1. The van der Waals surface area contributed by atoms with Crippen molar-refractivity contribution >= 4 is 36.2 Å². The molecule has 0 aliphatic carbocycles. The zero-order valence-electron chi connectivity index (χ0n) is 12.3. The van der Waals surface area contributed by atoms with Crippen LogP contribution < -0.4 is 0 Å². The van der Waals surface area contributed by atoms with E-state index in [9.17, 15) is 0 Å². The van der Waals surface area contributed by atoms with Gasteiger partial charge < -0.3 is 3.90 Å². The van der Waals surface area contributed by atoms with Crippen molar-refractivity contribution in [2.45, 2.75) is 71.3 Å². The Labute approximate surface area is 111 Å². The van der Waals surface area contributed by atoms with E-state index in [0.29, 0.717) is 9.04 Å². The fourth-order valence-corrected chi connectivity index (χ4v) is 29.9. The minimum Gasteiger partial charge on any atom is -0.380 e. The van der Waals surface area contributed by atoms with Gasteiger partial charge in [-0.25, -0.2) is 0 Å². The molecule has 0 rings (SSSR count). The zero-order chi connectivity index (χ0) is 12.4. The molecule has 0 bridgehead atoms. The highest BCUT2D eigenvalue weighted by molar-refractivity contribution is 7.06. The van der Waals surface area contributed by atoms with Gasteiger partial charge in [-0.2, -0.15) is 0 Å². The fourth-order valence-electron chi connectivity index (χ4n) is 2.80. The third-order valence-corrected chi connectivity index (χ3v) is 24.0. The Bertz CT molecular complexity index is 143. The SMILES string of the molecule is CCC[SiH](CC)N([SiH2][SiH2]C)[SiH](CC)CCC. The summed E-state index contributed by atoms with van der Waals surface area (Å²) in [5, 5.41) is 0. The highest BCUT2D eigenvalue weighted by Crippen LogP contribution is 2.15.